The normalized spacial score (nSPS) is 22.6. The molecule has 0 aromatic heterocycles. The second-order valence-electron chi connectivity index (χ2n) is 5.76. The highest BCUT2D eigenvalue weighted by Crippen LogP contribution is 2.27. The molecular weight excluding hydrogens is 310 g/mol. The monoisotopic (exact) mass is 329 g/mol. The topological polar surface area (TPSA) is 54.5 Å². The van der Waals surface area contributed by atoms with Crippen molar-refractivity contribution >= 4 is 25.6 Å². The molecular formula is C15H20ClNO3S. The van der Waals surface area contributed by atoms with Crippen LogP contribution in [0.5, 0.6) is 0 Å². The molecule has 0 aliphatic carbocycles. The van der Waals surface area contributed by atoms with E-state index in [4.69, 9.17) is 10.7 Å². The van der Waals surface area contributed by atoms with Gasteiger partial charge in [0.15, 0.2) is 0 Å². The number of halogens is 1. The van der Waals surface area contributed by atoms with Crippen molar-refractivity contribution in [2.45, 2.75) is 44.6 Å². The van der Waals surface area contributed by atoms with Gasteiger partial charge in [-0.15, -0.1) is 0 Å². The summed E-state index contributed by atoms with van der Waals surface area (Å²) in [6.07, 6.45) is 1.52. The fourth-order valence-corrected chi connectivity index (χ4v) is 4.18. The molecule has 116 valence electrons. The molecule has 1 aromatic rings. The van der Waals surface area contributed by atoms with Gasteiger partial charge in [-0.2, -0.15) is 0 Å². The molecule has 1 aliphatic rings. The van der Waals surface area contributed by atoms with Crippen molar-refractivity contribution in [1.29, 1.82) is 0 Å². The molecule has 21 heavy (non-hydrogen) atoms. The highest BCUT2D eigenvalue weighted by Gasteiger charge is 2.31. The molecule has 2 rings (SSSR count). The summed E-state index contributed by atoms with van der Waals surface area (Å²) in [4.78, 5) is 14.4. The minimum absolute atomic E-state index is 0.0393. The molecule has 1 saturated heterocycles. The Hall–Kier alpha value is -1.07. The molecule has 1 aliphatic heterocycles. The minimum Gasteiger partial charge on any atom is -0.336 e. The minimum atomic E-state index is -3.85. The van der Waals surface area contributed by atoms with Crippen LogP contribution in [0.4, 0.5) is 0 Å². The molecule has 2 unspecified atom stereocenters. The molecule has 1 amide bonds. The number of rotatable bonds is 3. The fraction of sp³-hybridized carbons (Fsp3) is 0.533. The van der Waals surface area contributed by atoms with Crippen LogP contribution >= 0.6 is 10.7 Å². The third-order valence-corrected chi connectivity index (χ3v) is 5.41. The first kappa shape index (κ1) is 16.3. The lowest BCUT2D eigenvalue weighted by Gasteiger charge is -2.22. The number of carbonyl (C=O) groups is 1. The number of hydrogen-bond donors (Lipinski definition) is 0. The number of likely N-dealkylation sites (tertiary alicyclic amines) is 1. The first-order valence-corrected chi connectivity index (χ1v) is 9.43. The van der Waals surface area contributed by atoms with E-state index in [-0.39, 0.29) is 16.8 Å². The Morgan fingerprint density at radius 2 is 2.05 bits per heavy atom. The first-order valence-electron chi connectivity index (χ1n) is 7.12. The number of carbonyl (C=O) groups excluding carboxylic acids is 1. The summed E-state index contributed by atoms with van der Waals surface area (Å²) < 4.78 is 23.3. The number of benzene rings is 1. The van der Waals surface area contributed by atoms with Crippen molar-refractivity contribution < 1.29 is 13.2 Å². The molecule has 0 N–H and O–H groups in total. The molecule has 2 atom stereocenters. The van der Waals surface area contributed by atoms with Gasteiger partial charge in [-0.25, -0.2) is 8.42 Å². The zero-order valence-corrected chi connectivity index (χ0v) is 14.0. The maximum atomic E-state index is 12.6. The quantitative estimate of drug-likeness (QED) is 0.801. The molecule has 0 spiro atoms. The van der Waals surface area contributed by atoms with Gasteiger partial charge in [0.25, 0.3) is 15.0 Å². The SMILES string of the molecule is CCc1ccc(C(=O)N2CC(C)CC2C)cc1S(=O)(=O)Cl. The van der Waals surface area contributed by atoms with Gasteiger partial charge in [-0.3, -0.25) is 4.79 Å². The van der Waals surface area contributed by atoms with Gasteiger partial charge in [0.1, 0.15) is 0 Å². The van der Waals surface area contributed by atoms with Crippen LogP contribution in [0.2, 0.25) is 0 Å². The Morgan fingerprint density at radius 1 is 1.38 bits per heavy atom. The van der Waals surface area contributed by atoms with E-state index in [2.05, 4.69) is 6.92 Å². The molecule has 0 saturated carbocycles. The molecule has 6 heteroatoms. The lowest BCUT2D eigenvalue weighted by atomic mass is 10.1. The van der Waals surface area contributed by atoms with E-state index < -0.39 is 9.05 Å². The smallest absolute Gasteiger partial charge is 0.261 e. The van der Waals surface area contributed by atoms with E-state index in [9.17, 15) is 13.2 Å². The average molecular weight is 330 g/mol. The van der Waals surface area contributed by atoms with Gasteiger partial charge in [0, 0.05) is 28.8 Å². The second kappa shape index (κ2) is 5.97. The third-order valence-electron chi connectivity index (χ3n) is 4.00. The van der Waals surface area contributed by atoms with Crippen molar-refractivity contribution in [2.75, 3.05) is 6.54 Å². The predicted molar refractivity (Wildman–Crippen MR) is 83.1 cm³/mol. The second-order valence-corrected chi connectivity index (χ2v) is 8.30. The summed E-state index contributed by atoms with van der Waals surface area (Å²) in [7, 11) is 1.63. The zero-order chi connectivity index (χ0) is 15.8. The van der Waals surface area contributed by atoms with Crippen LogP contribution in [0.1, 0.15) is 43.1 Å². The summed E-state index contributed by atoms with van der Waals surface area (Å²) in [5, 5.41) is 0. The highest BCUT2D eigenvalue weighted by molar-refractivity contribution is 8.13. The van der Waals surface area contributed by atoms with Crippen LogP contribution in [0, 0.1) is 5.92 Å². The summed E-state index contributed by atoms with van der Waals surface area (Å²) in [5.74, 6) is 0.339. The van der Waals surface area contributed by atoms with Crippen LogP contribution in [0.25, 0.3) is 0 Å². The Balaban J connectivity index is 2.39. The van der Waals surface area contributed by atoms with Crippen LogP contribution in [0.15, 0.2) is 23.1 Å². The van der Waals surface area contributed by atoms with Gasteiger partial charge < -0.3 is 4.90 Å². The van der Waals surface area contributed by atoms with E-state index in [1.807, 2.05) is 13.8 Å². The summed E-state index contributed by atoms with van der Waals surface area (Å²) >= 11 is 0. The van der Waals surface area contributed by atoms with Crippen molar-refractivity contribution in [3.8, 4) is 0 Å². The van der Waals surface area contributed by atoms with E-state index in [0.717, 1.165) is 6.42 Å². The summed E-state index contributed by atoms with van der Waals surface area (Å²) in [5.41, 5.74) is 1.01. The van der Waals surface area contributed by atoms with E-state index >= 15 is 0 Å². The van der Waals surface area contributed by atoms with Crippen molar-refractivity contribution in [2.24, 2.45) is 5.92 Å². The fourth-order valence-electron chi connectivity index (χ4n) is 2.96. The zero-order valence-electron chi connectivity index (χ0n) is 12.5. The summed E-state index contributed by atoms with van der Waals surface area (Å²) in [6.45, 7) is 6.69. The molecule has 1 heterocycles. The van der Waals surface area contributed by atoms with Crippen LogP contribution in [-0.2, 0) is 15.5 Å². The Morgan fingerprint density at radius 3 is 2.52 bits per heavy atom. The molecule has 1 fully saturated rings. The lowest BCUT2D eigenvalue weighted by Crippen LogP contribution is -2.34. The standard InChI is InChI=1S/C15H20ClNO3S/c1-4-12-5-6-13(8-14(12)21(16,19)20)15(18)17-9-10(2)7-11(17)3/h5-6,8,10-11H,4,7,9H2,1-3H3. The van der Waals surface area contributed by atoms with E-state index in [1.165, 1.54) is 6.07 Å². The Kier molecular flexibility index (Phi) is 4.63. The predicted octanol–water partition coefficient (Wildman–Crippen LogP) is 3.05. The highest BCUT2D eigenvalue weighted by atomic mass is 35.7. The third kappa shape index (κ3) is 3.40. The Labute approximate surface area is 130 Å². The van der Waals surface area contributed by atoms with Gasteiger partial charge in [0.05, 0.1) is 4.90 Å². The largest absolute Gasteiger partial charge is 0.336 e. The van der Waals surface area contributed by atoms with Crippen molar-refractivity contribution in [3.63, 3.8) is 0 Å². The number of aryl methyl sites for hydroxylation is 1. The maximum absolute atomic E-state index is 12.6. The molecule has 4 nitrogen and oxygen atoms in total. The Bertz CT molecular complexity index is 657. The average Bonchev–Trinajstić information content (AvgIpc) is 2.75. The molecule has 0 bridgehead atoms. The van der Waals surface area contributed by atoms with Crippen molar-refractivity contribution in [1.82, 2.24) is 4.90 Å². The van der Waals surface area contributed by atoms with Crippen LogP contribution < -0.4 is 0 Å². The summed E-state index contributed by atoms with van der Waals surface area (Å²) in [6, 6.07) is 4.93. The first-order chi connectivity index (χ1) is 9.74. The molecule has 0 radical (unpaired) electrons. The number of hydrogen-bond acceptors (Lipinski definition) is 3. The van der Waals surface area contributed by atoms with Crippen LogP contribution in [0.3, 0.4) is 0 Å². The number of nitrogens with zero attached hydrogens (tertiary/aromatic N) is 1. The lowest BCUT2D eigenvalue weighted by molar-refractivity contribution is 0.0743. The van der Waals surface area contributed by atoms with Gasteiger partial charge >= 0.3 is 0 Å². The maximum Gasteiger partial charge on any atom is 0.261 e. The van der Waals surface area contributed by atoms with E-state index in [1.54, 1.807) is 17.0 Å². The number of amides is 1. The molecule has 1 aromatic carbocycles. The van der Waals surface area contributed by atoms with E-state index in [0.29, 0.717) is 30.0 Å². The van der Waals surface area contributed by atoms with Crippen LogP contribution in [-0.4, -0.2) is 31.8 Å². The van der Waals surface area contributed by atoms with Gasteiger partial charge in [0.2, 0.25) is 0 Å². The van der Waals surface area contributed by atoms with Gasteiger partial charge in [-0.05, 0) is 43.4 Å². The van der Waals surface area contributed by atoms with Crippen molar-refractivity contribution in [3.05, 3.63) is 29.3 Å². The van der Waals surface area contributed by atoms with Gasteiger partial charge in [-0.1, -0.05) is 19.9 Å².